The van der Waals surface area contributed by atoms with Gasteiger partial charge in [-0.2, -0.15) is 0 Å². The zero-order chi connectivity index (χ0) is 15.4. The van der Waals surface area contributed by atoms with Gasteiger partial charge >= 0.3 is 5.97 Å². The molecule has 0 aliphatic carbocycles. The molecule has 2 aromatic rings. The van der Waals surface area contributed by atoms with Crippen LogP contribution < -0.4 is 5.73 Å². The average Bonchev–Trinajstić information content (AvgIpc) is 2.48. The van der Waals surface area contributed by atoms with Gasteiger partial charge in [-0.3, -0.25) is 0 Å². The van der Waals surface area contributed by atoms with Gasteiger partial charge in [0.15, 0.2) is 5.84 Å². The van der Waals surface area contributed by atoms with Crippen molar-refractivity contribution in [3.63, 3.8) is 0 Å². The minimum atomic E-state index is -0.689. The number of oxime groups is 1. The van der Waals surface area contributed by atoms with Gasteiger partial charge in [0.05, 0.1) is 15.6 Å². The Labute approximate surface area is 136 Å². The predicted octanol–water partition coefficient (Wildman–Crippen LogP) is 4.12. The molecular weight excluding hydrogens is 335 g/mol. The Morgan fingerprint density at radius 2 is 1.57 bits per heavy atom. The number of carbonyl (C=O) groups is 1. The molecule has 108 valence electrons. The minimum absolute atomic E-state index is 0.0556. The number of nitrogens with zero attached hydrogens (tertiary/aromatic N) is 1. The van der Waals surface area contributed by atoms with Crippen LogP contribution in [-0.4, -0.2) is 11.8 Å². The summed E-state index contributed by atoms with van der Waals surface area (Å²) in [4.78, 5) is 16.5. The highest BCUT2D eigenvalue weighted by Crippen LogP contribution is 2.23. The first-order valence-corrected chi connectivity index (χ1v) is 6.86. The highest BCUT2D eigenvalue weighted by molar-refractivity contribution is 6.42. The Morgan fingerprint density at radius 1 is 0.952 bits per heavy atom. The molecule has 2 N–H and O–H groups in total. The first kappa shape index (κ1) is 15.6. The van der Waals surface area contributed by atoms with Crippen LogP contribution in [0.2, 0.25) is 15.1 Å². The van der Waals surface area contributed by atoms with Crippen LogP contribution in [0.15, 0.2) is 47.6 Å². The number of nitrogens with two attached hydrogens (primary N) is 1. The van der Waals surface area contributed by atoms with E-state index < -0.39 is 5.97 Å². The van der Waals surface area contributed by atoms with E-state index in [0.717, 1.165) is 0 Å². The Bertz CT molecular complexity index is 700. The number of rotatable bonds is 3. The van der Waals surface area contributed by atoms with Crippen molar-refractivity contribution in [3.8, 4) is 0 Å². The highest BCUT2D eigenvalue weighted by Gasteiger charge is 2.10. The van der Waals surface area contributed by atoms with E-state index in [9.17, 15) is 4.79 Å². The molecule has 0 aromatic heterocycles. The van der Waals surface area contributed by atoms with Crippen LogP contribution in [0.1, 0.15) is 15.9 Å². The summed E-state index contributed by atoms with van der Waals surface area (Å²) >= 11 is 17.3. The lowest BCUT2D eigenvalue weighted by Gasteiger charge is -2.02. The molecule has 2 aromatic carbocycles. The van der Waals surface area contributed by atoms with Crippen molar-refractivity contribution in [1.29, 1.82) is 0 Å². The van der Waals surface area contributed by atoms with Gasteiger partial charge in [-0.1, -0.05) is 40.0 Å². The van der Waals surface area contributed by atoms with Crippen molar-refractivity contribution in [2.75, 3.05) is 0 Å². The quantitative estimate of drug-likeness (QED) is 0.394. The summed E-state index contributed by atoms with van der Waals surface area (Å²) in [6, 6.07) is 11.0. The standard InChI is InChI=1S/C14H9Cl3N2O2/c15-10-4-1-8(2-5-10)13(18)19-21-14(20)9-3-6-11(16)12(17)7-9/h1-7H,(H2,18,19). The number of halogens is 3. The molecule has 0 unspecified atom stereocenters. The summed E-state index contributed by atoms with van der Waals surface area (Å²) < 4.78 is 0. The number of hydrogen-bond acceptors (Lipinski definition) is 3. The number of amidine groups is 1. The van der Waals surface area contributed by atoms with E-state index in [1.165, 1.54) is 18.2 Å². The van der Waals surface area contributed by atoms with E-state index in [0.29, 0.717) is 15.6 Å². The van der Waals surface area contributed by atoms with Crippen molar-refractivity contribution in [2.45, 2.75) is 0 Å². The van der Waals surface area contributed by atoms with Gasteiger partial charge in [-0.15, -0.1) is 0 Å². The fourth-order valence-electron chi connectivity index (χ4n) is 1.44. The number of benzene rings is 2. The van der Waals surface area contributed by atoms with Crippen LogP contribution in [0.3, 0.4) is 0 Å². The third-order valence-electron chi connectivity index (χ3n) is 2.52. The lowest BCUT2D eigenvalue weighted by atomic mass is 10.2. The SMILES string of the molecule is N/C(=N\OC(=O)c1ccc(Cl)c(Cl)c1)c1ccc(Cl)cc1. The molecule has 0 aliphatic rings. The second kappa shape index (κ2) is 6.80. The van der Waals surface area contributed by atoms with Crippen molar-refractivity contribution >= 4 is 46.6 Å². The molecule has 7 heteroatoms. The molecule has 4 nitrogen and oxygen atoms in total. The summed E-state index contributed by atoms with van der Waals surface area (Å²) in [5, 5.41) is 4.74. The van der Waals surface area contributed by atoms with E-state index in [4.69, 9.17) is 45.4 Å². The van der Waals surface area contributed by atoms with E-state index in [2.05, 4.69) is 5.16 Å². The zero-order valence-corrected chi connectivity index (χ0v) is 12.8. The molecule has 0 saturated heterocycles. The molecule has 0 heterocycles. The van der Waals surface area contributed by atoms with Gasteiger partial charge in [-0.25, -0.2) is 4.79 Å². The molecule has 0 saturated carbocycles. The predicted molar refractivity (Wildman–Crippen MR) is 84.1 cm³/mol. The van der Waals surface area contributed by atoms with Crippen molar-refractivity contribution in [2.24, 2.45) is 10.9 Å². The fourth-order valence-corrected chi connectivity index (χ4v) is 1.86. The average molecular weight is 344 g/mol. The van der Waals surface area contributed by atoms with Gasteiger partial charge < -0.3 is 10.6 Å². The van der Waals surface area contributed by atoms with E-state index in [-0.39, 0.29) is 16.4 Å². The maximum Gasteiger partial charge on any atom is 0.365 e. The van der Waals surface area contributed by atoms with Crippen molar-refractivity contribution in [3.05, 3.63) is 68.7 Å². The molecule has 2 rings (SSSR count). The number of carbonyl (C=O) groups excluding carboxylic acids is 1. The summed E-state index contributed by atoms with van der Waals surface area (Å²) in [7, 11) is 0. The van der Waals surface area contributed by atoms with Crippen LogP contribution in [0.25, 0.3) is 0 Å². The summed E-state index contributed by atoms with van der Waals surface area (Å²) in [5.41, 5.74) is 6.51. The first-order valence-electron chi connectivity index (χ1n) is 5.73. The first-order chi connectivity index (χ1) is 9.97. The molecule has 0 atom stereocenters. The van der Waals surface area contributed by atoms with E-state index in [1.807, 2.05) is 0 Å². The topological polar surface area (TPSA) is 64.7 Å². The third-order valence-corrected chi connectivity index (χ3v) is 3.51. The molecule has 0 bridgehead atoms. The summed E-state index contributed by atoms with van der Waals surface area (Å²) in [6.45, 7) is 0. The van der Waals surface area contributed by atoms with Gasteiger partial charge in [0.25, 0.3) is 0 Å². The maximum absolute atomic E-state index is 11.8. The zero-order valence-electron chi connectivity index (χ0n) is 10.5. The van der Waals surface area contributed by atoms with Crippen LogP contribution in [0.4, 0.5) is 0 Å². The Hall–Kier alpha value is -1.75. The monoisotopic (exact) mass is 342 g/mol. The second-order valence-electron chi connectivity index (χ2n) is 3.99. The smallest absolute Gasteiger partial charge is 0.365 e. The van der Waals surface area contributed by atoms with Crippen molar-refractivity contribution in [1.82, 2.24) is 0 Å². The van der Waals surface area contributed by atoms with Crippen LogP contribution >= 0.6 is 34.8 Å². The fraction of sp³-hybridized carbons (Fsp3) is 0. The maximum atomic E-state index is 11.8. The van der Waals surface area contributed by atoms with E-state index >= 15 is 0 Å². The normalized spacial score (nSPS) is 11.3. The number of hydrogen-bond donors (Lipinski definition) is 1. The van der Waals surface area contributed by atoms with E-state index in [1.54, 1.807) is 24.3 Å². The van der Waals surface area contributed by atoms with Gasteiger partial charge in [0, 0.05) is 10.6 Å². The lowest BCUT2D eigenvalue weighted by Crippen LogP contribution is -2.15. The van der Waals surface area contributed by atoms with Gasteiger partial charge in [-0.05, 0) is 42.5 Å². The van der Waals surface area contributed by atoms with Gasteiger partial charge in [0.2, 0.25) is 0 Å². The largest absolute Gasteiger partial charge is 0.380 e. The molecular formula is C14H9Cl3N2O2. The van der Waals surface area contributed by atoms with Crippen molar-refractivity contribution < 1.29 is 9.63 Å². The molecule has 0 fully saturated rings. The Balaban J connectivity index is 2.10. The second-order valence-corrected chi connectivity index (χ2v) is 5.24. The minimum Gasteiger partial charge on any atom is -0.380 e. The Kier molecular flexibility index (Phi) is 5.07. The summed E-state index contributed by atoms with van der Waals surface area (Å²) in [6.07, 6.45) is 0. The molecule has 0 aliphatic heterocycles. The lowest BCUT2D eigenvalue weighted by molar-refractivity contribution is 0.0516. The third kappa shape index (κ3) is 4.11. The molecule has 0 spiro atoms. The Morgan fingerprint density at radius 3 is 2.19 bits per heavy atom. The summed E-state index contributed by atoms with van der Waals surface area (Å²) in [5.74, 6) is -0.634. The molecule has 0 amide bonds. The van der Waals surface area contributed by atoms with Gasteiger partial charge in [0.1, 0.15) is 0 Å². The highest BCUT2D eigenvalue weighted by atomic mass is 35.5. The van der Waals surface area contributed by atoms with Crippen LogP contribution in [0.5, 0.6) is 0 Å². The molecule has 0 radical (unpaired) electrons. The van der Waals surface area contributed by atoms with Crippen LogP contribution in [-0.2, 0) is 4.84 Å². The molecule has 21 heavy (non-hydrogen) atoms. The van der Waals surface area contributed by atoms with Crippen LogP contribution in [0, 0.1) is 0 Å².